The fourth-order valence-corrected chi connectivity index (χ4v) is 15.9. The first-order chi connectivity index (χ1) is 71.0. The van der Waals surface area contributed by atoms with E-state index < -0.39 is 14.8 Å². The number of aliphatic hydroxyl groups excluding tert-OH is 2. The minimum Gasteiger partial charge on any atom is -0.399 e. The normalized spacial score (nSPS) is 12.2. The van der Waals surface area contributed by atoms with Crippen molar-refractivity contribution in [3.63, 3.8) is 0 Å². The van der Waals surface area contributed by atoms with Crippen LogP contribution in [0.5, 0.6) is 0 Å². The Labute approximate surface area is 870 Å². The standard InChI is InChI=1S/C16H26N4O3.C16H25N3O3.C15H26N4O2.C15H25N3O4.C15H25N3O2.C14H24N4O2.C14H23N3O2/c17-14-5-6-15(16(13-14)20(21)22)18-7-3-1-2-4-8-19-9-11-23-12-10-19;20-19(21)16-8-4-3-7-15(16)17-9-5-1-2-6-10-18-11-13-22-14-12-18;1-3-18(4-2)11-7-5-6-10-17-14-9-8-13(16)12-15(14)19(20)21;19-12-10-17(11-13-20)9-5-1-4-8-16-14-6-2-3-7-15(14)18(21)22;1-3-17(4-2)13-9-5-8-12-16-14-10-6-7-11-15(14)18(19)20;1-17(2)10-6-4-3-5-9-16-13-8-7-12(15)11-14(13)18(19)20;1-16(2)12-8-4-3-7-11-15-13-9-5-6-10-14(13)17(18)19/h5-6,13,18H,1-4,7-12,17H2;3-4,7-8,17H,1-2,5-6,9-14H2;8-9,12,17H,3-7,10-11,16H2,1-2H3;2-3,6-7,16,19-20H,1,4-5,8-13H2;6-7,10-11,16H,3-5,8-9,12-13H2,1-2H3;7-8,11,16H,3-6,9-10,15H2,1-2H3;5-6,9-10,15H,3-4,7-8,11-12H2,1-2H3. The molecule has 42 heteroatoms. The highest BCUT2D eigenvalue weighted by Crippen LogP contribution is 2.32. The Balaban J connectivity index is 0.000000441. The zero-order valence-electron chi connectivity index (χ0n) is 88.7. The Morgan fingerprint density at radius 3 is 0.701 bits per heavy atom. The number of morpholine rings is 2. The van der Waals surface area contributed by atoms with E-state index in [-0.39, 0.29) is 72.7 Å². The number of hydrogen-bond donors (Lipinski definition) is 12. The van der Waals surface area contributed by atoms with Crippen LogP contribution in [0.15, 0.2) is 152 Å². The molecule has 147 heavy (non-hydrogen) atoms. The number of nitrogens with one attached hydrogen (secondary N) is 7. The van der Waals surface area contributed by atoms with Gasteiger partial charge >= 0.3 is 0 Å². The summed E-state index contributed by atoms with van der Waals surface area (Å²) in [5, 5.41) is 116. The first kappa shape index (κ1) is 129. The monoisotopic (exact) mass is 2060 g/mol. The van der Waals surface area contributed by atoms with Gasteiger partial charge < -0.3 is 93.7 Å². The van der Waals surface area contributed by atoms with Gasteiger partial charge in [-0.25, -0.2) is 0 Å². The molecular weight excluding hydrogens is 1890 g/mol. The van der Waals surface area contributed by atoms with E-state index in [0.717, 1.165) is 267 Å². The molecule has 0 saturated carbocycles. The third-order valence-corrected chi connectivity index (χ3v) is 24.4. The second-order valence-corrected chi connectivity index (χ2v) is 36.4. The van der Waals surface area contributed by atoms with Gasteiger partial charge in [0.05, 0.1) is 74.1 Å². The number of nitro benzene ring substituents is 7. The number of para-hydroxylation sites is 8. The van der Waals surface area contributed by atoms with Crippen LogP contribution in [-0.4, -0.2) is 304 Å². The minimum absolute atomic E-state index is 0.0392. The fraction of sp³-hybridized carbons (Fsp3) is 0.600. The molecule has 7 aromatic rings. The summed E-state index contributed by atoms with van der Waals surface area (Å²) in [4.78, 5) is 89.8. The summed E-state index contributed by atoms with van der Waals surface area (Å²) in [5.41, 5.74) is 22.6. The van der Waals surface area contributed by atoms with E-state index in [0.29, 0.717) is 76.5 Å². The molecule has 0 aliphatic carbocycles. The van der Waals surface area contributed by atoms with E-state index in [1.54, 1.807) is 91.0 Å². The maximum Gasteiger partial charge on any atom is 0.294 e. The van der Waals surface area contributed by atoms with Crippen LogP contribution < -0.4 is 54.4 Å². The van der Waals surface area contributed by atoms with Crippen LogP contribution >= 0.6 is 0 Å². The molecule has 0 spiro atoms. The van der Waals surface area contributed by atoms with Crippen LogP contribution in [0.2, 0.25) is 0 Å². The van der Waals surface area contributed by atoms with Crippen molar-refractivity contribution in [3.05, 3.63) is 222 Å². The van der Waals surface area contributed by atoms with Crippen LogP contribution in [0, 0.1) is 70.8 Å². The van der Waals surface area contributed by atoms with Gasteiger partial charge in [0.25, 0.3) is 39.8 Å². The van der Waals surface area contributed by atoms with E-state index in [1.807, 2.05) is 23.1 Å². The lowest BCUT2D eigenvalue weighted by Crippen LogP contribution is -2.36. The zero-order chi connectivity index (χ0) is 108. The van der Waals surface area contributed by atoms with E-state index in [2.05, 4.69) is 123 Å². The predicted octanol–water partition coefficient (Wildman–Crippen LogP) is 19.3. The van der Waals surface area contributed by atoms with Gasteiger partial charge in [-0.05, 0) is 251 Å². The number of rotatable bonds is 68. The number of nitro groups is 7. The summed E-state index contributed by atoms with van der Waals surface area (Å²) in [7, 11) is 8.30. The van der Waals surface area contributed by atoms with Gasteiger partial charge in [-0.2, -0.15) is 0 Å². The summed E-state index contributed by atoms with van der Waals surface area (Å²) < 4.78 is 10.7. The van der Waals surface area contributed by atoms with Crippen molar-refractivity contribution in [1.82, 2.24) is 34.3 Å². The molecule has 0 unspecified atom stereocenters. The summed E-state index contributed by atoms with van der Waals surface area (Å²) in [6.45, 7) is 34.9. The molecule has 2 saturated heterocycles. The first-order valence-electron chi connectivity index (χ1n) is 52.5. The molecule has 2 aliphatic heterocycles. The first-order valence-corrected chi connectivity index (χ1v) is 52.5. The second kappa shape index (κ2) is 81.9. The smallest absolute Gasteiger partial charge is 0.294 e. The third kappa shape index (κ3) is 60.7. The number of benzene rings is 7. The predicted molar refractivity (Wildman–Crippen MR) is 598 cm³/mol. The highest BCUT2D eigenvalue weighted by molar-refractivity contribution is 5.69. The molecule has 0 radical (unpaired) electrons. The van der Waals surface area contributed by atoms with Crippen LogP contribution in [0.1, 0.15) is 188 Å². The number of nitrogen functional groups attached to an aromatic ring is 3. The van der Waals surface area contributed by atoms with E-state index in [4.69, 9.17) is 36.9 Å². The van der Waals surface area contributed by atoms with E-state index >= 15 is 0 Å². The molecule has 2 aliphatic rings. The van der Waals surface area contributed by atoms with Crippen molar-refractivity contribution in [2.75, 3.05) is 279 Å². The molecular formula is C105H174N24O18. The second-order valence-electron chi connectivity index (χ2n) is 36.4. The van der Waals surface area contributed by atoms with Crippen LogP contribution in [0.4, 0.5) is 96.7 Å². The Morgan fingerprint density at radius 1 is 0.272 bits per heavy atom. The molecule has 0 atom stereocenters. The Hall–Kier alpha value is -12.1. The van der Waals surface area contributed by atoms with Gasteiger partial charge in [-0.15, -0.1) is 0 Å². The van der Waals surface area contributed by atoms with Crippen LogP contribution in [0.25, 0.3) is 0 Å². The van der Waals surface area contributed by atoms with Gasteiger partial charge in [-0.3, -0.25) is 85.5 Å². The van der Waals surface area contributed by atoms with E-state index in [9.17, 15) is 70.8 Å². The van der Waals surface area contributed by atoms with Crippen molar-refractivity contribution < 1.29 is 54.1 Å². The summed E-state index contributed by atoms with van der Waals surface area (Å²) in [6.07, 6.45) is 27.7. The van der Waals surface area contributed by atoms with Gasteiger partial charge in [0, 0.05) is 145 Å². The maximum absolute atomic E-state index is 11.0. The number of aliphatic hydroxyl groups is 2. The quantitative estimate of drug-likeness (QED) is 0.00729. The highest BCUT2D eigenvalue weighted by Gasteiger charge is 2.21. The average molecular weight is 2060 g/mol. The highest BCUT2D eigenvalue weighted by atomic mass is 16.7. The van der Waals surface area contributed by atoms with E-state index in [1.165, 1.54) is 100 Å². The maximum atomic E-state index is 11.0. The van der Waals surface area contributed by atoms with Crippen LogP contribution in [-0.2, 0) is 9.47 Å². The van der Waals surface area contributed by atoms with Gasteiger partial charge in [0.1, 0.15) is 39.8 Å². The minimum atomic E-state index is -0.407. The number of anilines is 10. The largest absolute Gasteiger partial charge is 0.399 e. The molecule has 2 heterocycles. The molecule has 42 nitrogen and oxygen atoms in total. The molecule has 822 valence electrons. The Morgan fingerprint density at radius 2 is 0.476 bits per heavy atom. The topological polar surface area (TPSA) is 546 Å². The molecule has 9 rings (SSSR count). The lowest BCUT2D eigenvalue weighted by Gasteiger charge is -2.26. The third-order valence-electron chi connectivity index (χ3n) is 24.4. The fourth-order valence-electron chi connectivity index (χ4n) is 15.9. The molecule has 0 bridgehead atoms. The molecule has 0 amide bonds. The van der Waals surface area contributed by atoms with Gasteiger partial charge in [0.15, 0.2) is 0 Å². The summed E-state index contributed by atoms with van der Waals surface area (Å²) >= 11 is 0. The Bertz CT molecular complexity index is 4700. The molecule has 7 aromatic carbocycles. The average Bonchev–Trinajstić information content (AvgIpc) is 0.855. The Kier molecular flexibility index (Phi) is 71.9. The lowest BCUT2D eigenvalue weighted by atomic mass is 10.1. The van der Waals surface area contributed by atoms with Crippen molar-refractivity contribution >= 4 is 96.7 Å². The number of hydrogen-bond acceptors (Lipinski definition) is 35. The lowest BCUT2D eigenvalue weighted by molar-refractivity contribution is -0.384. The summed E-state index contributed by atoms with van der Waals surface area (Å²) in [5.74, 6) is 0. The number of nitrogens with zero attached hydrogens (tertiary/aromatic N) is 14. The SMILES string of the molecule is CCN(CC)CCCCCNc1ccc(N)cc1[N+](=O)[O-].CCN(CC)CCCCCNc1ccccc1[N+](=O)[O-].CN(C)CCCCCCNc1ccc(N)cc1[N+](=O)[O-].CN(C)CCCCCCNc1ccccc1[N+](=O)[O-].Nc1ccc(NCCCCCCN2CCOCC2)c([N+](=O)[O-])c1.O=[N+]([O-])c1ccccc1NCCCCCCN1CCOCC1.O=[N+]([O-])c1ccccc1NCCCCCN(CCO)CCO. The van der Waals surface area contributed by atoms with Gasteiger partial charge in [-0.1, -0.05) is 147 Å². The number of ether oxygens (including phenoxy) is 2. The van der Waals surface area contributed by atoms with Crippen molar-refractivity contribution in [1.29, 1.82) is 0 Å². The van der Waals surface area contributed by atoms with Crippen LogP contribution in [0.3, 0.4) is 0 Å². The molecule has 0 aromatic heterocycles. The molecule has 2 fully saturated rings. The van der Waals surface area contributed by atoms with Crippen molar-refractivity contribution in [2.24, 2.45) is 0 Å². The number of unbranched alkanes of at least 4 members (excludes halogenated alkanes) is 18. The molecule has 15 N–H and O–H groups in total. The van der Waals surface area contributed by atoms with Gasteiger partial charge in [0.2, 0.25) is 0 Å². The zero-order valence-corrected chi connectivity index (χ0v) is 88.7. The summed E-state index contributed by atoms with van der Waals surface area (Å²) in [6, 6.07) is 41.2. The number of nitrogens with two attached hydrogens (primary N) is 3. The van der Waals surface area contributed by atoms with Crippen molar-refractivity contribution in [2.45, 2.75) is 188 Å². The van der Waals surface area contributed by atoms with Crippen molar-refractivity contribution in [3.8, 4) is 0 Å².